The molecule has 1 unspecified atom stereocenters. The monoisotopic (exact) mass is 388 g/mol. The number of hydrogen-bond acceptors (Lipinski definition) is 5. The molecule has 3 aliphatic heterocycles. The maximum absolute atomic E-state index is 14.3. The molecule has 1 aromatic carbocycles. The quantitative estimate of drug-likeness (QED) is 0.741. The topological polar surface area (TPSA) is 95.7 Å². The highest BCUT2D eigenvalue weighted by Crippen LogP contribution is 2.30. The number of carbonyl (C=O) groups is 3. The van der Waals surface area contributed by atoms with Gasteiger partial charge in [0.05, 0.1) is 0 Å². The van der Waals surface area contributed by atoms with Crippen LogP contribution in [0.4, 0.5) is 4.39 Å². The SMILES string of the molecule is NCC1(F)CCN(Cc2ccc3c(c2)CN(C2CCC(=O)NC2=O)C3=O)CC1. The molecule has 0 spiro atoms. The van der Waals surface area contributed by atoms with Crippen LogP contribution in [0.5, 0.6) is 0 Å². The minimum Gasteiger partial charge on any atom is -0.328 e. The van der Waals surface area contributed by atoms with Gasteiger partial charge in [-0.1, -0.05) is 12.1 Å². The molecule has 2 fully saturated rings. The lowest BCUT2D eigenvalue weighted by molar-refractivity contribution is -0.136. The molecule has 2 saturated heterocycles. The van der Waals surface area contributed by atoms with Crippen molar-refractivity contribution in [3.63, 3.8) is 0 Å². The summed E-state index contributed by atoms with van der Waals surface area (Å²) in [5.41, 5.74) is 6.85. The van der Waals surface area contributed by atoms with E-state index in [2.05, 4.69) is 10.2 Å². The van der Waals surface area contributed by atoms with Gasteiger partial charge in [0.15, 0.2) is 0 Å². The summed E-state index contributed by atoms with van der Waals surface area (Å²) < 4.78 is 14.3. The Morgan fingerprint density at radius 3 is 2.64 bits per heavy atom. The molecule has 1 atom stereocenters. The molecular formula is C20H25FN4O3. The molecule has 7 nitrogen and oxygen atoms in total. The van der Waals surface area contributed by atoms with Crippen molar-refractivity contribution >= 4 is 17.7 Å². The highest BCUT2D eigenvalue weighted by atomic mass is 19.1. The molecule has 8 heteroatoms. The Morgan fingerprint density at radius 1 is 1.21 bits per heavy atom. The smallest absolute Gasteiger partial charge is 0.255 e. The number of amides is 3. The summed E-state index contributed by atoms with van der Waals surface area (Å²) in [5.74, 6) is -0.860. The molecule has 4 rings (SSSR count). The molecule has 150 valence electrons. The lowest BCUT2D eigenvalue weighted by Gasteiger charge is -2.35. The summed E-state index contributed by atoms with van der Waals surface area (Å²) in [5, 5.41) is 2.31. The van der Waals surface area contributed by atoms with E-state index < -0.39 is 17.6 Å². The summed E-state index contributed by atoms with van der Waals surface area (Å²) in [7, 11) is 0. The average Bonchev–Trinajstić information content (AvgIpc) is 3.00. The van der Waals surface area contributed by atoms with Gasteiger partial charge in [-0.15, -0.1) is 0 Å². The Balaban J connectivity index is 1.43. The van der Waals surface area contributed by atoms with Gasteiger partial charge in [-0.25, -0.2) is 4.39 Å². The zero-order chi connectivity index (χ0) is 19.9. The Bertz CT molecular complexity index is 820. The third kappa shape index (κ3) is 3.54. The highest BCUT2D eigenvalue weighted by Gasteiger charge is 2.39. The van der Waals surface area contributed by atoms with Gasteiger partial charge < -0.3 is 10.6 Å². The lowest BCUT2D eigenvalue weighted by Crippen LogP contribution is -2.52. The molecule has 1 aromatic rings. The van der Waals surface area contributed by atoms with Crippen molar-refractivity contribution in [3.05, 3.63) is 34.9 Å². The maximum Gasteiger partial charge on any atom is 0.255 e. The van der Waals surface area contributed by atoms with Crippen LogP contribution in [0.3, 0.4) is 0 Å². The second-order valence-electron chi connectivity index (χ2n) is 8.02. The number of benzene rings is 1. The van der Waals surface area contributed by atoms with Crippen LogP contribution in [0.1, 0.15) is 47.2 Å². The number of fused-ring (bicyclic) bond motifs is 1. The number of nitrogens with one attached hydrogen (secondary N) is 1. The third-order valence-electron chi connectivity index (χ3n) is 6.11. The highest BCUT2D eigenvalue weighted by molar-refractivity contribution is 6.05. The number of nitrogens with two attached hydrogens (primary N) is 1. The van der Waals surface area contributed by atoms with Crippen LogP contribution in [-0.2, 0) is 22.7 Å². The van der Waals surface area contributed by atoms with Crippen LogP contribution in [-0.4, -0.2) is 58.9 Å². The number of alkyl halides is 1. The van der Waals surface area contributed by atoms with Crippen LogP contribution >= 0.6 is 0 Å². The lowest BCUT2D eigenvalue weighted by atomic mass is 9.93. The van der Waals surface area contributed by atoms with Crippen LogP contribution in [0.15, 0.2) is 18.2 Å². The first kappa shape index (κ1) is 19.0. The Labute approximate surface area is 163 Å². The fourth-order valence-electron chi connectivity index (χ4n) is 4.30. The fraction of sp³-hybridized carbons (Fsp3) is 0.550. The molecule has 0 saturated carbocycles. The summed E-state index contributed by atoms with van der Waals surface area (Å²) in [4.78, 5) is 40.0. The van der Waals surface area contributed by atoms with Crippen molar-refractivity contribution in [2.24, 2.45) is 5.73 Å². The van der Waals surface area contributed by atoms with Crippen LogP contribution in [0.25, 0.3) is 0 Å². The molecule has 3 heterocycles. The molecule has 0 radical (unpaired) electrons. The first-order valence-corrected chi connectivity index (χ1v) is 9.76. The standard InChI is InChI=1S/C20H25FN4O3/c21-20(12-22)5-7-24(8-6-20)10-13-1-2-15-14(9-13)11-25(19(15)28)16-3-4-17(26)23-18(16)27/h1-2,9,16H,3-8,10-12,22H2,(H,23,26,27). The Morgan fingerprint density at radius 2 is 1.96 bits per heavy atom. The number of halogens is 1. The first-order valence-electron chi connectivity index (χ1n) is 9.76. The van der Waals surface area contributed by atoms with E-state index in [1.54, 1.807) is 4.90 Å². The molecule has 0 aliphatic carbocycles. The largest absolute Gasteiger partial charge is 0.328 e. The van der Waals surface area contributed by atoms with Crippen LogP contribution < -0.4 is 11.1 Å². The number of imide groups is 1. The summed E-state index contributed by atoms with van der Waals surface area (Å²) >= 11 is 0. The number of rotatable bonds is 4. The molecule has 3 amide bonds. The molecule has 0 bridgehead atoms. The Kier molecular flexibility index (Phi) is 4.93. The van der Waals surface area contributed by atoms with E-state index in [1.165, 1.54) is 0 Å². The molecular weight excluding hydrogens is 363 g/mol. The van der Waals surface area contributed by atoms with Crippen molar-refractivity contribution in [1.82, 2.24) is 15.1 Å². The molecule has 3 aliphatic rings. The van der Waals surface area contributed by atoms with E-state index in [0.29, 0.717) is 51.0 Å². The zero-order valence-electron chi connectivity index (χ0n) is 15.7. The zero-order valence-corrected chi connectivity index (χ0v) is 15.7. The van der Waals surface area contributed by atoms with Crippen molar-refractivity contribution < 1.29 is 18.8 Å². The molecule has 3 N–H and O–H groups in total. The van der Waals surface area contributed by atoms with Gasteiger partial charge >= 0.3 is 0 Å². The second kappa shape index (κ2) is 7.25. The van der Waals surface area contributed by atoms with E-state index in [1.807, 2.05) is 18.2 Å². The van der Waals surface area contributed by atoms with Gasteiger partial charge in [0.25, 0.3) is 5.91 Å². The van der Waals surface area contributed by atoms with Gasteiger partial charge in [-0.2, -0.15) is 0 Å². The third-order valence-corrected chi connectivity index (χ3v) is 6.11. The normalized spacial score (nSPS) is 25.0. The van der Waals surface area contributed by atoms with Gasteiger partial charge in [0, 0.05) is 44.7 Å². The van der Waals surface area contributed by atoms with Crippen molar-refractivity contribution in [2.45, 2.75) is 50.5 Å². The van der Waals surface area contributed by atoms with E-state index in [4.69, 9.17) is 5.73 Å². The summed E-state index contributed by atoms with van der Waals surface area (Å²) in [6, 6.07) is 5.13. The van der Waals surface area contributed by atoms with Gasteiger partial charge in [-0.05, 0) is 36.5 Å². The van der Waals surface area contributed by atoms with Crippen LogP contribution in [0, 0.1) is 0 Å². The van der Waals surface area contributed by atoms with Crippen molar-refractivity contribution in [2.75, 3.05) is 19.6 Å². The van der Waals surface area contributed by atoms with E-state index in [9.17, 15) is 18.8 Å². The maximum atomic E-state index is 14.3. The predicted octanol–water partition coefficient (Wildman–Crippen LogP) is 0.710. The molecule has 28 heavy (non-hydrogen) atoms. The molecule has 0 aromatic heterocycles. The first-order chi connectivity index (χ1) is 13.4. The van der Waals surface area contributed by atoms with E-state index in [0.717, 1.165) is 11.1 Å². The van der Waals surface area contributed by atoms with Gasteiger partial charge in [0.1, 0.15) is 11.7 Å². The van der Waals surface area contributed by atoms with E-state index in [-0.39, 0.29) is 24.8 Å². The summed E-state index contributed by atoms with van der Waals surface area (Å²) in [6.07, 6.45) is 1.49. The van der Waals surface area contributed by atoms with Crippen LogP contribution in [0.2, 0.25) is 0 Å². The second-order valence-corrected chi connectivity index (χ2v) is 8.02. The summed E-state index contributed by atoms with van der Waals surface area (Å²) in [6.45, 7) is 2.45. The van der Waals surface area contributed by atoms with Crippen molar-refractivity contribution in [3.8, 4) is 0 Å². The Hall–Kier alpha value is -2.32. The number of hydrogen-bond donors (Lipinski definition) is 2. The minimum absolute atomic E-state index is 0.0674. The van der Waals surface area contributed by atoms with E-state index >= 15 is 0 Å². The van der Waals surface area contributed by atoms with Gasteiger partial charge in [0.2, 0.25) is 11.8 Å². The minimum atomic E-state index is -1.25. The number of nitrogens with zero attached hydrogens (tertiary/aromatic N) is 2. The van der Waals surface area contributed by atoms with Crippen molar-refractivity contribution in [1.29, 1.82) is 0 Å². The number of likely N-dealkylation sites (tertiary alicyclic amines) is 1. The number of carbonyl (C=O) groups excluding carboxylic acids is 3. The predicted molar refractivity (Wildman–Crippen MR) is 99.9 cm³/mol. The average molecular weight is 388 g/mol. The van der Waals surface area contributed by atoms with Gasteiger partial charge in [-0.3, -0.25) is 24.6 Å². The number of piperidine rings is 2. The fourth-order valence-corrected chi connectivity index (χ4v) is 4.30.